The van der Waals surface area contributed by atoms with Crippen LogP contribution in [0.25, 0.3) is 0 Å². The molecule has 0 spiro atoms. The minimum atomic E-state index is -1.06. The molecule has 1 fully saturated rings. The second-order valence-electron chi connectivity index (χ2n) is 7.00. The zero-order valence-corrected chi connectivity index (χ0v) is 15.7. The van der Waals surface area contributed by atoms with Crippen LogP contribution in [0.1, 0.15) is 29.3 Å². The average Bonchev–Trinajstić information content (AvgIpc) is 3.39. The molecule has 7 heteroatoms. The smallest absolute Gasteiger partial charge is 0.341 e. The van der Waals surface area contributed by atoms with Crippen molar-refractivity contribution in [2.45, 2.75) is 20.3 Å². The molecular formula is C21H22N2O5. The maximum absolute atomic E-state index is 12.6. The molecule has 1 saturated carbocycles. The summed E-state index contributed by atoms with van der Waals surface area (Å²) in [6.45, 7) is 3.40. The number of carbonyl (C=O) groups excluding carboxylic acids is 2. The second kappa shape index (κ2) is 8.12. The molecule has 28 heavy (non-hydrogen) atoms. The van der Waals surface area contributed by atoms with E-state index in [0.29, 0.717) is 28.6 Å². The van der Waals surface area contributed by atoms with Gasteiger partial charge in [0, 0.05) is 22.9 Å². The number of carboxylic acid groups (broad SMARTS) is 1. The number of ether oxygens (including phenoxy) is 1. The van der Waals surface area contributed by atoms with Crippen LogP contribution in [0.15, 0.2) is 42.5 Å². The standard InChI is InChI=1S/C21H22N2O5/c1-12-9-17(12)21(27)22-15-5-3-4-14(10-15)20(26)23-18-7-6-16(8-13(18)2)28-11-19(24)25/h3-8,10,12,17H,9,11H2,1-2H3,(H,22,27)(H,23,26)(H,24,25). The van der Waals surface area contributed by atoms with Crippen LogP contribution in [0.5, 0.6) is 5.75 Å². The Hall–Kier alpha value is -3.35. The second-order valence-corrected chi connectivity index (χ2v) is 7.00. The van der Waals surface area contributed by atoms with Crippen molar-refractivity contribution >= 4 is 29.2 Å². The highest BCUT2D eigenvalue weighted by atomic mass is 16.5. The summed E-state index contributed by atoms with van der Waals surface area (Å²) in [4.78, 5) is 35.2. The maximum atomic E-state index is 12.6. The van der Waals surface area contributed by atoms with Crippen LogP contribution in [-0.2, 0) is 9.59 Å². The molecule has 3 rings (SSSR count). The van der Waals surface area contributed by atoms with Gasteiger partial charge in [0.1, 0.15) is 5.75 Å². The highest BCUT2D eigenvalue weighted by molar-refractivity contribution is 6.06. The summed E-state index contributed by atoms with van der Waals surface area (Å²) in [5.74, 6) is -0.495. The third-order valence-corrected chi connectivity index (χ3v) is 4.65. The largest absolute Gasteiger partial charge is 0.482 e. The Balaban J connectivity index is 1.65. The molecule has 0 saturated heterocycles. The van der Waals surface area contributed by atoms with Crippen molar-refractivity contribution in [1.82, 2.24) is 0 Å². The van der Waals surface area contributed by atoms with Crippen LogP contribution >= 0.6 is 0 Å². The van der Waals surface area contributed by atoms with Crippen LogP contribution in [0.2, 0.25) is 0 Å². The fraction of sp³-hybridized carbons (Fsp3) is 0.286. The molecule has 146 valence electrons. The predicted octanol–water partition coefficient (Wildman–Crippen LogP) is 3.31. The lowest BCUT2D eigenvalue weighted by molar-refractivity contribution is -0.139. The molecule has 2 aromatic carbocycles. The fourth-order valence-corrected chi connectivity index (χ4v) is 2.87. The molecule has 0 bridgehead atoms. The molecule has 2 aromatic rings. The zero-order valence-electron chi connectivity index (χ0n) is 15.7. The third-order valence-electron chi connectivity index (χ3n) is 4.65. The first-order valence-corrected chi connectivity index (χ1v) is 9.01. The van der Waals surface area contributed by atoms with Gasteiger partial charge in [0.15, 0.2) is 6.61 Å². The van der Waals surface area contributed by atoms with E-state index in [1.165, 1.54) is 0 Å². The molecule has 3 N–H and O–H groups in total. The monoisotopic (exact) mass is 382 g/mol. The molecule has 7 nitrogen and oxygen atoms in total. The topological polar surface area (TPSA) is 105 Å². The summed E-state index contributed by atoms with van der Waals surface area (Å²) < 4.78 is 5.12. The van der Waals surface area contributed by atoms with E-state index in [1.54, 1.807) is 49.4 Å². The minimum absolute atomic E-state index is 0.0159. The predicted molar refractivity (Wildman–Crippen MR) is 105 cm³/mol. The fourth-order valence-electron chi connectivity index (χ4n) is 2.87. The number of rotatable bonds is 7. The summed E-state index contributed by atoms with van der Waals surface area (Å²) in [5, 5.41) is 14.3. The van der Waals surface area contributed by atoms with E-state index < -0.39 is 12.6 Å². The first-order chi connectivity index (χ1) is 13.3. The maximum Gasteiger partial charge on any atom is 0.341 e. The normalized spacial score (nSPS) is 17.5. The van der Waals surface area contributed by atoms with E-state index in [4.69, 9.17) is 9.84 Å². The number of hydrogen-bond donors (Lipinski definition) is 3. The van der Waals surface area contributed by atoms with Gasteiger partial charge in [-0.05, 0) is 61.2 Å². The lowest BCUT2D eigenvalue weighted by Crippen LogP contribution is -2.16. The molecule has 2 amide bonds. The van der Waals surface area contributed by atoms with Crippen molar-refractivity contribution in [3.05, 3.63) is 53.6 Å². The Morgan fingerprint density at radius 2 is 1.89 bits per heavy atom. The Morgan fingerprint density at radius 1 is 1.14 bits per heavy atom. The lowest BCUT2D eigenvalue weighted by Gasteiger charge is -2.11. The molecule has 0 aromatic heterocycles. The van der Waals surface area contributed by atoms with Gasteiger partial charge < -0.3 is 20.5 Å². The molecule has 0 aliphatic heterocycles. The summed E-state index contributed by atoms with van der Waals surface area (Å²) >= 11 is 0. The summed E-state index contributed by atoms with van der Waals surface area (Å²) in [7, 11) is 0. The highest BCUT2D eigenvalue weighted by Crippen LogP contribution is 2.38. The molecule has 0 heterocycles. The summed E-state index contributed by atoms with van der Waals surface area (Å²) in [6.07, 6.45) is 0.900. The minimum Gasteiger partial charge on any atom is -0.482 e. The van der Waals surface area contributed by atoms with E-state index in [0.717, 1.165) is 12.0 Å². The van der Waals surface area contributed by atoms with Gasteiger partial charge in [-0.1, -0.05) is 13.0 Å². The molecule has 1 aliphatic carbocycles. The molecule has 0 radical (unpaired) electrons. The number of carboxylic acids is 1. The van der Waals surface area contributed by atoms with Gasteiger partial charge in [0.2, 0.25) is 5.91 Å². The summed E-state index contributed by atoms with van der Waals surface area (Å²) in [5.41, 5.74) is 2.34. The van der Waals surface area contributed by atoms with Gasteiger partial charge in [-0.3, -0.25) is 9.59 Å². The van der Waals surface area contributed by atoms with Gasteiger partial charge >= 0.3 is 5.97 Å². The van der Waals surface area contributed by atoms with Gasteiger partial charge in [0.25, 0.3) is 5.91 Å². The van der Waals surface area contributed by atoms with Gasteiger partial charge in [-0.15, -0.1) is 0 Å². The summed E-state index contributed by atoms with van der Waals surface area (Å²) in [6, 6.07) is 11.7. The van der Waals surface area contributed by atoms with Crippen LogP contribution < -0.4 is 15.4 Å². The number of aryl methyl sites for hydroxylation is 1. The molecule has 2 unspecified atom stereocenters. The number of benzene rings is 2. The highest BCUT2D eigenvalue weighted by Gasteiger charge is 2.39. The zero-order chi connectivity index (χ0) is 20.3. The Labute approximate surface area is 162 Å². The first kappa shape index (κ1) is 19.4. The Bertz CT molecular complexity index is 925. The van der Waals surface area contributed by atoms with E-state index >= 15 is 0 Å². The van der Waals surface area contributed by atoms with Gasteiger partial charge in [-0.2, -0.15) is 0 Å². The third kappa shape index (κ3) is 4.88. The quantitative estimate of drug-likeness (QED) is 0.681. The van der Waals surface area contributed by atoms with Crippen molar-refractivity contribution < 1.29 is 24.2 Å². The van der Waals surface area contributed by atoms with Crippen molar-refractivity contribution in [2.75, 3.05) is 17.2 Å². The van der Waals surface area contributed by atoms with E-state index in [2.05, 4.69) is 10.6 Å². The molecular weight excluding hydrogens is 360 g/mol. The number of anilines is 2. The van der Waals surface area contributed by atoms with Crippen molar-refractivity contribution in [3.8, 4) is 5.75 Å². The molecule has 2 atom stereocenters. The number of hydrogen-bond acceptors (Lipinski definition) is 4. The van der Waals surface area contributed by atoms with Crippen molar-refractivity contribution in [3.63, 3.8) is 0 Å². The van der Waals surface area contributed by atoms with Crippen molar-refractivity contribution in [1.29, 1.82) is 0 Å². The lowest BCUT2D eigenvalue weighted by atomic mass is 10.1. The number of nitrogens with one attached hydrogen (secondary N) is 2. The van der Waals surface area contributed by atoms with Crippen LogP contribution in [0.4, 0.5) is 11.4 Å². The number of aliphatic carboxylic acids is 1. The van der Waals surface area contributed by atoms with Crippen LogP contribution in [0.3, 0.4) is 0 Å². The van der Waals surface area contributed by atoms with Crippen LogP contribution in [-0.4, -0.2) is 29.5 Å². The molecule has 1 aliphatic rings. The van der Waals surface area contributed by atoms with Gasteiger partial charge in [0.05, 0.1) is 0 Å². The number of carbonyl (C=O) groups is 3. The van der Waals surface area contributed by atoms with Crippen molar-refractivity contribution in [2.24, 2.45) is 11.8 Å². The van der Waals surface area contributed by atoms with E-state index in [-0.39, 0.29) is 17.7 Å². The van der Waals surface area contributed by atoms with E-state index in [1.807, 2.05) is 6.92 Å². The van der Waals surface area contributed by atoms with Crippen LogP contribution in [0, 0.1) is 18.8 Å². The SMILES string of the molecule is Cc1cc(OCC(=O)O)ccc1NC(=O)c1cccc(NC(=O)C2CC2C)c1. The van der Waals surface area contributed by atoms with Gasteiger partial charge in [-0.25, -0.2) is 4.79 Å². The average molecular weight is 382 g/mol. The Morgan fingerprint density at radius 3 is 2.54 bits per heavy atom. The Kier molecular flexibility index (Phi) is 5.63. The first-order valence-electron chi connectivity index (χ1n) is 9.01. The van der Waals surface area contributed by atoms with E-state index in [9.17, 15) is 14.4 Å². The number of amides is 2.